The molecule has 0 aromatic heterocycles. The van der Waals surface area contributed by atoms with Gasteiger partial charge in [0, 0.05) is 18.8 Å². The number of aryl methyl sites for hydroxylation is 1. The predicted molar refractivity (Wildman–Crippen MR) is 74.0 cm³/mol. The first-order valence-electron chi connectivity index (χ1n) is 6.35. The molecule has 1 aliphatic heterocycles. The maximum atomic E-state index is 12.2. The monoisotopic (exact) mass is 261 g/mol. The molecule has 0 unspecified atom stereocenters. The third-order valence-electron chi connectivity index (χ3n) is 3.40. The summed E-state index contributed by atoms with van der Waals surface area (Å²) in [5.41, 5.74) is 1.04. The van der Waals surface area contributed by atoms with Crippen LogP contribution in [0.2, 0.25) is 0 Å². The Morgan fingerprint density at radius 2 is 1.95 bits per heavy atom. The number of urea groups is 1. The first-order valence-corrected chi connectivity index (χ1v) is 6.35. The Balaban J connectivity index is 2.11. The molecule has 0 radical (unpaired) electrons. The number of hydrogen-bond acceptors (Lipinski definition) is 2. The third kappa shape index (κ3) is 2.70. The molecule has 3 amide bonds. The van der Waals surface area contributed by atoms with E-state index >= 15 is 0 Å². The van der Waals surface area contributed by atoms with Crippen LogP contribution >= 0.6 is 0 Å². The molecule has 1 fully saturated rings. The number of piperazine rings is 1. The van der Waals surface area contributed by atoms with Crippen LogP contribution in [0.5, 0.6) is 0 Å². The minimum Gasteiger partial charge on any atom is -0.352 e. The van der Waals surface area contributed by atoms with Gasteiger partial charge in [-0.25, -0.2) is 4.79 Å². The van der Waals surface area contributed by atoms with Gasteiger partial charge < -0.3 is 15.5 Å². The van der Waals surface area contributed by atoms with E-state index in [2.05, 4.69) is 10.6 Å². The molecule has 19 heavy (non-hydrogen) atoms. The molecule has 2 N–H and O–H groups in total. The number of hydrogen-bond donors (Lipinski definition) is 2. The molecule has 0 aliphatic carbocycles. The molecule has 0 saturated carbocycles. The zero-order valence-corrected chi connectivity index (χ0v) is 11.5. The van der Waals surface area contributed by atoms with E-state index in [0.717, 1.165) is 11.3 Å². The van der Waals surface area contributed by atoms with Crippen LogP contribution in [0.4, 0.5) is 10.5 Å². The van der Waals surface area contributed by atoms with Crippen LogP contribution in [-0.4, -0.2) is 35.5 Å². The second-order valence-corrected chi connectivity index (χ2v) is 5.26. The van der Waals surface area contributed by atoms with E-state index in [1.54, 1.807) is 18.7 Å². The summed E-state index contributed by atoms with van der Waals surface area (Å²) in [6, 6.07) is 7.32. The van der Waals surface area contributed by atoms with Gasteiger partial charge in [-0.2, -0.15) is 0 Å². The number of carbonyl (C=O) groups excluding carboxylic acids is 2. The second kappa shape index (κ2) is 4.91. The molecule has 1 saturated heterocycles. The summed E-state index contributed by atoms with van der Waals surface area (Å²) < 4.78 is 0. The van der Waals surface area contributed by atoms with Gasteiger partial charge in [0.25, 0.3) is 0 Å². The van der Waals surface area contributed by atoms with Gasteiger partial charge >= 0.3 is 6.03 Å². The van der Waals surface area contributed by atoms with Gasteiger partial charge in [-0.1, -0.05) is 17.7 Å². The van der Waals surface area contributed by atoms with Gasteiger partial charge in [-0.15, -0.1) is 0 Å². The number of rotatable bonds is 1. The van der Waals surface area contributed by atoms with Gasteiger partial charge in [0.15, 0.2) is 0 Å². The van der Waals surface area contributed by atoms with E-state index in [4.69, 9.17) is 0 Å². The van der Waals surface area contributed by atoms with Gasteiger partial charge in [0.05, 0.1) is 0 Å². The Bertz CT molecular complexity index is 494. The Kier molecular flexibility index (Phi) is 3.46. The average molecular weight is 261 g/mol. The van der Waals surface area contributed by atoms with Crippen LogP contribution in [0.3, 0.4) is 0 Å². The lowest BCUT2D eigenvalue weighted by atomic mass is 9.99. The maximum Gasteiger partial charge on any atom is 0.322 e. The molecule has 0 bridgehead atoms. The fraction of sp³-hybridized carbons (Fsp3) is 0.429. The number of nitrogens with one attached hydrogen (secondary N) is 2. The quantitative estimate of drug-likeness (QED) is 0.809. The van der Waals surface area contributed by atoms with Crippen molar-refractivity contribution in [2.45, 2.75) is 26.3 Å². The van der Waals surface area contributed by atoms with Crippen molar-refractivity contribution in [2.75, 3.05) is 18.4 Å². The van der Waals surface area contributed by atoms with Crippen molar-refractivity contribution in [1.82, 2.24) is 10.2 Å². The first kappa shape index (κ1) is 13.4. The van der Waals surface area contributed by atoms with Crippen molar-refractivity contribution < 1.29 is 9.59 Å². The molecular formula is C14H19N3O2. The zero-order chi connectivity index (χ0) is 14.0. The van der Waals surface area contributed by atoms with Crippen molar-refractivity contribution in [1.29, 1.82) is 0 Å². The van der Waals surface area contributed by atoms with E-state index in [9.17, 15) is 9.59 Å². The molecule has 1 aliphatic rings. The van der Waals surface area contributed by atoms with Gasteiger partial charge in [-0.3, -0.25) is 4.79 Å². The fourth-order valence-electron chi connectivity index (χ4n) is 2.08. The third-order valence-corrected chi connectivity index (χ3v) is 3.40. The Morgan fingerprint density at radius 3 is 2.58 bits per heavy atom. The molecular weight excluding hydrogens is 242 g/mol. The predicted octanol–water partition coefficient (Wildman–Crippen LogP) is 1.74. The molecule has 102 valence electrons. The standard InChI is InChI=1S/C14H19N3O2/c1-10-4-6-11(7-5-10)16-13(19)17-9-8-15-12(18)14(17,2)3/h4-7H,8-9H2,1-3H3,(H,15,18)(H,16,19). The van der Waals surface area contributed by atoms with Crippen LogP contribution in [-0.2, 0) is 4.79 Å². The SMILES string of the molecule is Cc1ccc(NC(=O)N2CCNC(=O)C2(C)C)cc1. The van der Waals surface area contributed by atoms with E-state index in [1.807, 2.05) is 31.2 Å². The van der Waals surface area contributed by atoms with E-state index < -0.39 is 5.54 Å². The topological polar surface area (TPSA) is 61.4 Å². The Morgan fingerprint density at radius 1 is 1.32 bits per heavy atom. The van der Waals surface area contributed by atoms with Crippen LogP contribution in [0, 0.1) is 6.92 Å². The highest BCUT2D eigenvalue weighted by Gasteiger charge is 2.40. The number of carbonyl (C=O) groups is 2. The van der Waals surface area contributed by atoms with Gasteiger partial charge in [-0.05, 0) is 32.9 Å². The molecule has 1 aromatic rings. The molecule has 5 heteroatoms. The number of amides is 3. The second-order valence-electron chi connectivity index (χ2n) is 5.26. The highest BCUT2D eigenvalue weighted by Crippen LogP contribution is 2.19. The highest BCUT2D eigenvalue weighted by atomic mass is 16.2. The van der Waals surface area contributed by atoms with E-state index in [1.165, 1.54) is 0 Å². The van der Waals surface area contributed by atoms with Crippen LogP contribution in [0.25, 0.3) is 0 Å². The lowest BCUT2D eigenvalue weighted by molar-refractivity contribution is -0.132. The number of nitrogens with zero attached hydrogens (tertiary/aromatic N) is 1. The molecule has 0 atom stereocenters. The first-order chi connectivity index (χ1) is 8.91. The summed E-state index contributed by atoms with van der Waals surface area (Å²) in [4.78, 5) is 25.6. The van der Waals surface area contributed by atoms with Crippen LogP contribution in [0.15, 0.2) is 24.3 Å². The molecule has 0 spiro atoms. The largest absolute Gasteiger partial charge is 0.352 e. The number of anilines is 1. The van der Waals surface area contributed by atoms with Crippen molar-refractivity contribution in [3.05, 3.63) is 29.8 Å². The van der Waals surface area contributed by atoms with Gasteiger partial charge in [0.1, 0.15) is 5.54 Å². The van der Waals surface area contributed by atoms with Crippen molar-refractivity contribution >= 4 is 17.6 Å². The summed E-state index contributed by atoms with van der Waals surface area (Å²) in [6.45, 7) is 6.48. The minimum atomic E-state index is -0.826. The summed E-state index contributed by atoms with van der Waals surface area (Å²) in [5.74, 6) is -0.127. The summed E-state index contributed by atoms with van der Waals surface area (Å²) in [5, 5.41) is 5.59. The lowest BCUT2D eigenvalue weighted by Crippen LogP contribution is -2.64. The van der Waals surface area contributed by atoms with Crippen molar-refractivity contribution in [3.63, 3.8) is 0 Å². The fourth-order valence-corrected chi connectivity index (χ4v) is 2.08. The highest BCUT2D eigenvalue weighted by molar-refractivity contribution is 5.96. The smallest absolute Gasteiger partial charge is 0.322 e. The zero-order valence-electron chi connectivity index (χ0n) is 11.5. The normalized spacial score (nSPS) is 17.8. The van der Waals surface area contributed by atoms with Crippen molar-refractivity contribution in [3.8, 4) is 0 Å². The molecule has 2 rings (SSSR count). The Labute approximate surface area is 113 Å². The van der Waals surface area contributed by atoms with E-state index in [0.29, 0.717) is 13.1 Å². The average Bonchev–Trinajstić information content (AvgIpc) is 2.35. The molecule has 1 aromatic carbocycles. The number of benzene rings is 1. The summed E-state index contributed by atoms with van der Waals surface area (Å²) >= 11 is 0. The summed E-state index contributed by atoms with van der Waals surface area (Å²) in [6.07, 6.45) is 0. The lowest BCUT2D eigenvalue weighted by Gasteiger charge is -2.40. The van der Waals surface area contributed by atoms with E-state index in [-0.39, 0.29) is 11.9 Å². The minimum absolute atomic E-state index is 0.127. The molecule has 5 nitrogen and oxygen atoms in total. The molecule has 1 heterocycles. The van der Waals surface area contributed by atoms with Gasteiger partial charge in [0.2, 0.25) is 5.91 Å². The van der Waals surface area contributed by atoms with Crippen molar-refractivity contribution in [2.24, 2.45) is 0 Å². The van der Waals surface area contributed by atoms with Crippen LogP contribution < -0.4 is 10.6 Å². The summed E-state index contributed by atoms with van der Waals surface area (Å²) in [7, 11) is 0. The Hall–Kier alpha value is -2.04. The maximum absolute atomic E-state index is 12.2. The van der Waals surface area contributed by atoms with Crippen LogP contribution in [0.1, 0.15) is 19.4 Å².